The van der Waals surface area contributed by atoms with Crippen molar-refractivity contribution in [1.29, 1.82) is 5.26 Å². The zero-order valence-electron chi connectivity index (χ0n) is 11.5. The van der Waals surface area contributed by atoms with Crippen LogP contribution < -0.4 is 5.73 Å². The fourth-order valence-electron chi connectivity index (χ4n) is 1.81. The molecule has 0 radical (unpaired) electrons. The van der Waals surface area contributed by atoms with Gasteiger partial charge in [0.2, 0.25) is 5.91 Å². The quantitative estimate of drug-likeness (QED) is 0.793. The Morgan fingerprint density at radius 3 is 2.58 bits per heavy atom. The average molecular weight is 259 g/mol. The molecule has 0 saturated heterocycles. The molecule has 1 aromatic carbocycles. The number of benzene rings is 1. The summed E-state index contributed by atoms with van der Waals surface area (Å²) < 4.78 is 0. The van der Waals surface area contributed by atoms with Crippen LogP contribution in [0, 0.1) is 17.2 Å². The molecule has 2 atom stereocenters. The maximum Gasteiger partial charge on any atom is 0.240 e. The van der Waals surface area contributed by atoms with E-state index in [9.17, 15) is 4.79 Å². The fourth-order valence-corrected chi connectivity index (χ4v) is 1.81. The Balaban J connectivity index is 2.77. The van der Waals surface area contributed by atoms with E-state index in [0.717, 1.165) is 12.0 Å². The van der Waals surface area contributed by atoms with Crippen molar-refractivity contribution in [2.24, 2.45) is 11.7 Å². The Morgan fingerprint density at radius 2 is 2.05 bits per heavy atom. The van der Waals surface area contributed by atoms with E-state index in [1.54, 1.807) is 0 Å². The van der Waals surface area contributed by atoms with Crippen LogP contribution in [0.3, 0.4) is 0 Å². The summed E-state index contributed by atoms with van der Waals surface area (Å²) >= 11 is 0. The third-order valence-corrected chi connectivity index (χ3v) is 3.33. The highest BCUT2D eigenvalue weighted by atomic mass is 16.2. The highest BCUT2D eigenvalue weighted by Crippen LogP contribution is 2.11. The van der Waals surface area contributed by atoms with Crippen molar-refractivity contribution in [2.75, 3.05) is 6.54 Å². The Kier molecular flexibility index (Phi) is 6.04. The minimum atomic E-state index is -0.540. The van der Waals surface area contributed by atoms with Crippen molar-refractivity contribution in [2.45, 2.75) is 32.9 Å². The Hall–Kier alpha value is -1.86. The Bertz CT molecular complexity index is 438. The second-order valence-electron chi connectivity index (χ2n) is 4.75. The number of nitrogens with zero attached hydrogens (tertiary/aromatic N) is 2. The van der Waals surface area contributed by atoms with Crippen LogP contribution in [0.15, 0.2) is 30.3 Å². The number of nitriles is 1. The van der Waals surface area contributed by atoms with Gasteiger partial charge in [-0.3, -0.25) is 4.79 Å². The lowest BCUT2D eigenvalue weighted by Crippen LogP contribution is -2.46. The van der Waals surface area contributed by atoms with Gasteiger partial charge in [0, 0.05) is 6.54 Å². The van der Waals surface area contributed by atoms with Gasteiger partial charge in [0.15, 0.2) is 0 Å². The predicted molar refractivity (Wildman–Crippen MR) is 74.9 cm³/mol. The minimum absolute atomic E-state index is 0.0673. The second-order valence-corrected chi connectivity index (χ2v) is 4.75. The molecule has 0 aliphatic carbocycles. The van der Waals surface area contributed by atoms with Gasteiger partial charge in [-0.2, -0.15) is 5.26 Å². The fraction of sp³-hybridized carbons (Fsp3) is 0.467. The minimum Gasteiger partial charge on any atom is -0.324 e. The van der Waals surface area contributed by atoms with Gasteiger partial charge in [-0.15, -0.1) is 0 Å². The largest absolute Gasteiger partial charge is 0.324 e. The summed E-state index contributed by atoms with van der Waals surface area (Å²) in [5.41, 5.74) is 6.96. The summed E-state index contributed by atoms with van der Waals surface area (Å²) in [7, 11) is 0. The van der Waals surface area contributed by atoms with Crippen LogP contribution in [-0.2, 0) is 11.3 Å². The summed E-state index contributed by atoms with van der Waals surface area (Å²) in [6.45, 7) is 4.45. The van der Waals surface area contributed by atoms with E-state index in [0.29, 0.717) is 6.54 Å². The third-order valence-electron chi connectivity index (χ3n) is 3.33. The smallest absolute Gasteiger partial charge is 0.240 e. The van der Waals surface area contributed by atoms with Gasteiger partial charge in [0.25, 0.3) is 0 Å². The van der Waals surface area contributed by atoms with Crippen molar-refractivity contribution in [3.05, 3.63) is 35.9 Å². The summed E-state index contributed by atoms with van der Waals surface area (Å²) in [5, 5.41) is 8.86. The van der Waals surface area contributed by atoms with Gasteiger partial charge in [0.05, 0.1) is 12.1 Å². The molecule has 2 unspecified atom stereocenters. The highest BCUT2D eigenvalue weighted by Gasteiger charge is 2.24. The van der Waals surface area contributed by atoms with Crippen LogP contribution in [0.4, 0.5) is 0 Å². The molecule has 1 rings (SSSR count). The van der Waals surface area contributed by atoms with Crippen LogP contribution in [0.25, 0.3) is 0 Å². The molecule has 0 aliphatic rings. The summed E-state index contributed by atoms with van der Waals surface area (Å²) in [5.74, 6) is -0.0378. The highest BCUT2D eigenvalue weighted by molar-refractivity contribution is 5.82. The van der Waals surface area contributed by atoms with Crippen molar-refractivity contribution in [3.63, 3.8) is 0 Å². The molecule has 4 nitrogen and oxygen atoms in total. The summed E-state index contributed by atoms with van der Waals surface area (Å²) in [6.07, 6.45) is 0.846. The predicted octanol–water partition coefficient (Wildman–Crippen LogP) is 1.91. The number of carbonyl (C=O) groups is 1. The lowest BCUT2D eigenvalue weighted by atomic mass is 9.98. The Morgan fingerprint density at radius 1 is 1.42 bits per heavy atom. The molecule has 4 heteroatoms. The van der Waals surface area contributed by atoms with Crippen LogP contribution in [0.1, 0.15) is 25.8 Å². The first-order chi connectivity index (χ1) is 9.10. The van der Waals surface area contributed by atoms with Gasteiger partial charge in [-0.1, -0.05) is 50.6 Å². The van der Waals surface area contributed by atoms with Crippen molar-refractivity contribution >= 4 is 5.91 Å². The monoisotopic (exact) mass is 259 g/mol. The number of nitrogens with two attached hydrogens (primary N) is 1. The first kappa shape index (κ1) is 15.2. The molecule has 0 aromatic heterocycles. The molecular formula is C15H21N3O. The zero-order valence-corrected chi connectivity index (χ0v) is 11.5. The van der Waals surface area contributed by atoms with E-state index in [-0.39, 0.29) is 18.4 Å². The third kappa shape index (κ3) is 4.38. The molecule has 102 valence electrons. The van der Waals surface area contributed by atoms with Crippen LogP contribution >= 0.6 is 0 Å². The summed E-state index contributed by atoms with van der Waals surface area (Å²) in [4.78, 5) is 13.8. The number of amides is 1. The maximum absolute atomic E-state index is 12.3. The van der Waals surface area contributed by atoms with E-state index in [4.69, 9.17) is 11.0 Å². The molecule has 19 heavy (non-hydrogen) atoms. The molecule has 0 spiro atoms. The molecule has 0 saturated carbocycles. The number of rotatable bonds is 6. The first-order valence-corrected chi connectivity index (χ1v) is 6.55. The maximum atomic E-state index is 12.3. The van der Waals surface area contributed by atoms with Crippen molar-refractivity contribution in [1.82, 2.24) is 4.90 Å². The first-order valence-electron chi connectivity index (χ1n) is 6.55. The zero-order chi connectivity index (χ0) is 14.3. The summed E-state index contributed by atoms with van der Waals surface area (Å²) in [6, 6.07) is 11.1. The number of hydrogen-bond acceptors (Lipinski definition) is 3. The van der Waals surface area contributed by atoms with E-state index < -0.39 is 6.04 Å². The van der Waals surface area contributed by atoms with Crippen LogP contribution in [0.2, 0.25) is 0 Å². The van der Waals surface area contributed by atoms with E-state index in [1.807, 2.05) is 50.2 Å². The van der Waals surface area contributed by atoms with Crippen LogP contribution in [0.5, 0.6) is 0 Å². The van der Waals surface area contributed by atoms with E-state index in [2.05, 4.69) is 0 Å². The van der Waals surface area contributed by atoms with Crippen molar-refractivity contribution < 1.29 is 4.79 Å². The van der Waals surface area contributed by atoms with Gasteiger partial charge in [-0.25, -0.2) is 0 Å². The van der Waals surface area contributed by atoms with Gasteiger partial charge < -0.3 is 10.6 Å². The average Bonchev–Trinajstić information content (AvgIpc) is 2.45. The van der Waals surface area contributed by atoms with E-state index in [1.165, 1.54) is 4.90 Å². The van der Waals surface area contributed by atoms with Gasteiger partial charge in [-0.05, 0) is 11.5 Å². The molecule has 0 aliphatic heterocycles. The molecule has 0 heterocycles. The number of hydrogen-bond donors (Lipinski definition) is 1. The molecule has 1 amide bonds. The Labute approximate surface area is 114 Å². The molecule has 0 bridgehead atoms. The van der Waals surface area contributed by atoms with Gasteiger partial charge >= 0.3 is 0 Å². The number of carbonyl (C=O) groups excluding carboxylic acids is 1. The van der Waals surface area contributed by atoms with E-state index >= 15 is 0 Å². The molecule has 0 fully saturated rings. The topological polar surface area (TPSA) is 70.1 Å². The standard InChI is InChI=1S/C15H21N3O/c1-3-12(2)14(17)15(19)18(10-9-16)11-13-7-5-4-6-8-13/h4-8,12,14H,3,10-11,17H2,1-2H3. The molecular weight excluding hydrogens is 238 g/mol. The van der Waals surface area contributed by atoms with Crippen LogP contribution in [-0.4, -0.2) is 23.4 Å². The lowest BCUT2D eigenvalue weighted by molar-refractivity contribution is -0.133. The molecule has 1 aromatic rings. The normalized spacial score (nSPS) is 13.4. The van der Waals surface area contributed by atoms with Crippen molar-refractivity contribution in [3.8, 4) is 6.07 Å². The van der Waals surface area contributed by atoms with Gasteiger partial charge in [0.1, 0.15) is 6.54 Å². The molecule has 2 N–H and O–H groups in total. The second kappa shape index (κ2) is 7.55. The SMILES string of the molecule is CCC(C)C(N)C(=O)N(CC#N)Cc1ccccc1. The lowest BCUT2D eigenvalue weighted by Gasteiger charge is -2.26.